The Morgan fingerprint density at radius 1 is 1.40 bits per heavy atom. The number of ether oxygens (including phenoxy) is 2. The van der Waals surface area contributed by atoms with Crippen molar-refractivity contribution >= 4 is 5.69 Å². The third kappa shape index (κ3) is 2.02. The molecular formula is C14H17N2O4+. The van der Waals surface area contributed by atoms with Gasteiger partial charge in [0.25, 0.3) is 5.69 Å². The largest absolute Gasteiger partial charge is 0.325 e. The molecule has 3 atom stereocenters. The van der Waals surface area contributed by atoms with E-state index in [1.165, 1.54) is 12.1 Å². The van der Waals surface area contributed by atoms with Crippen molar-refractivity contribution in [2.24, 2.45) is 0 Å². The minimum absolute atomic E-state index is 0.0711. The fourth-order valence-electron chi connectivity index (χ4n) is 3.06. The van der Waals surface area contributed by atoms with E-state index in [0.29, 0.717) is 20.1 Å². The molecule has 3 rings (SSSR count). The van der Waals surface area contributed by atoms with E-state index in [1.54, 1.807) is 12.1 Å². The Labute approximate surface area is 116 Å². The highest BCUT2D eigenvalue weighted by atomic mass is 16.6. The van der Waals surface area contributed by atoms with Crippen molar-refractivity contribution in [1.82, 2.24) is 0 Å². The molecule has 0 bridgehead atoms. The van der Waals surface area contributed by atoms with E-state index in [2.05, 4.69) is 6.58 Å². The maximum Gasteiger partial charge on any atom is 0.269 e. The number of hydrogen-bond donors (Lipinski definition) is 0. The summed E-state index contributed by atoms with van der Waals surface area (Å²) in [4.78, 5) is 10.3. The average Bonchev–Trinajstić information content (AvgIpc) is 2.97. The second kappa shape index (κ2) is 4.97. The van der Waals surface area contributed by atoms with Crippen LogP contribution in [0.3, 0.4) is 0 Å². The number of fused-ring (bicyclic) bond motifs is 1. The number of nitro benzene ring substituents is 1. The Balaban J connectivity index is 1.84. The maximum atomic E-state index is 10.7. The molecule has 20 heavy (non-hydrogen) atoms. The van der Waals surface area contributed by atoms with Gasteiger partial charge in [0.2, 0.25) is 0 Å². The van der Waals surface area contributed by atoms with Gasteiger partial charge < -0.3 is 9.47 Å². The molecule has 2 saturated heterocycles. The lowest BCUT2D eigenvalue weighted by atomic mass is 10.0. The van der Waals surface area contributed by atoms with Gasteiger partial charge in [0.1, 0.15) is 25.3 Å². The quantitative estimate of drug-likeness (QED) is 0.365. The Morgan fingerprint density at radius 2 is 2.15 bits per heavy atom. The first-order valence-electron chi connectivity index (χ1n) is 6.57. The third-order valence-corrected chi connectivity index (χ3v) is 4.13. The van der Waals surface area contributed by atoms with Crippen LogP contribution in [0.5, 0.6) is 0 Å². The first-order chi connectivity index (χ1) is 9.66. The van der Waals surface area contributed by atoms with E-state index in [0.717, 1.165) is 16.6 Å². The molecule has 0 saturated carbocycles. The standard InChI is InChI=1S/C14H17N2O4/c1-2-7-16-9-19-8-13(16)14(20-10-16)11-3-5-12(6-4-11)15(17)18/h2-6,13-14H,1,7-10H2/q+1/t13-,14-,16+/m0/s1. The van der Waals surface area contributed by atoms with Crippen LogP contribution in [0.25, 0.3) is 0 Å². The molecule has 1 aromatic carbocycles. The highest BCUT2D eigenvalue weighted by Crippen LogP contribution is 2.40. The molecule has 0 aromatic heterocycles. The molecule has 0 N–H and O–H groups in total. The first-order valence-corrected chi connectivity index (χ1v) is 6.57. The van der Waals surface area contributed by atoms with Crippen molar-refractivity contribution in [3.63, 3.8) is 0 Å². The van der Waals surface area contributed by atoms with Gasteiger partial charge in [-0.15, -0.1) is 0 Å². The third-order valence-electron chi connectivity index (χ3n) is 4.13. The number of nitrogens with zero attached hydrogens (tertiary/aromatic N) is 2. The van der Waals surface area contributed by atoms with E-state index in [1.807, 2.05) is 6.08 Å². The van der Waals surface area contributed by atoms with Crippen LogP contribution in [-0.4, -0.2) is 42.1 Å². The lowest BCUT2D eigenvalue weighted by Crippen LogP contribution is -2.49. The second-order valence-electron chi connectivity index (χ2n) is 5.32. The Morgan fingerprint density at radius 3 is 2.80 bits per heavy atom. The van der Waals surface area contributed by atoms with Crippen molar-refractivity contribution in [2.75, 3.05) is 26.6 Å². The summed E-state index contributed by atoms with van der Waals surface area (Å²) in [7, 11) is 0. The van der Waals surface area contributed by atoms with E-state index in [-0.39, 0.29) is 17.8 Å². The minimum Gasteiger partial charge on any atom is -0.325 e. The van der Waals surface area contributed by atoms with Crippen LogP contribution >= 0.6 is 0 Å². The normalized spacial score (nSPS) is 32.0. The summed E-state index contributed by atoms with van der Waals surface area (Å²) in [6, 6.07) is 6.82. The van der Waals surface area contributed by atoms with Gasteiger partial charge in [0.05, 0.1) is 4.92 Å². The molecule has 6 heteroatoms. The number of non-ortho nitro benzene ring substituents is 1. The molecular weight excluding hydrogens is 260 g/mol. The van der Waals surface area contributed by atoms with Gasteiger partial charge in [0.15, 0.2) is 13.5 Å². The summed E-state index contributed by atoms with van der Waals surface area (Å²) in [6.45, 7) is 6.50. The van der Waals surface area contributed by atoms with E-state index >= 15 is 0 Å². The predicted molar refractivity (Wildman–Crippen MR) is 71.7 cm³/mol. The number of benzene rings is 1. The molecule has 0 amide bonds. The van der Waals surface area contributed by atoms with Gasteiger partial charge in [-0.2, -0.15) is 0 Å². The van der Waals surface area contributed by atoms with Gasteiger partial charge in [-0.25, -0.2) is 0 Å². The molecule has 106 valence electrons. The second-order valence-corrected chi connectivity index (χ2v) is 5.32. The van der Waals surface area contributed by atoms with Crippen molar-refractivity contribution in [3.8, 4) is 0 Å². The van der Waals surface area contributed by atoms with Gasteiger partial charge in [-0.1, -0.05) is 6.58 Å². The van der Waals surface area contributed by atoms with Crippen molar-refractivity contribution in [2.45, 2.75) is 12.1 Å². The zero-order valence-corrected chi connectivity index (χ0v) is 11.1. The molecule has 0 radical (unpaired) electrons. The molecule has 2 fully saturated rings. The summed E-state index contributed by atoms with van der Waals surface area (Å²) in [5.74, 6) is 0. The topological polar surface area (TPSA) is 61.6 Å². The SMILES string of the molecule is C=CC[N@+]12COC[C@H]1[C@H](c1ccc([N+](=O)[O-])cc1)OC2. The van der Waals surface area contributed by atoms with E-state index < -0.39 is 4.92 Å². The summed E-state index contributed by atoms with van der Waals surface area (Å²) in [5.41, 5.74) is 1.07. The van der Waals surface area contributed by atoms with Gasteiger partial charge >= 0.3 is 0 Å². The van der Waals surface area contributed by atoms with Crippen LogP contribution < -0.4 is 0 Å². The van der Waals surface area contributed by atoms with Crippen LogP contribution in [0, 0.1) is 10.1 Å². The predicted octanol–water partition coefficient (Wildman–Crippen LogP) is 1.98. The number of quaternary nitrogens is 1. The number of rotatable bonds is 4. The zero-order valence-electron chi connectivity index (χ0n) is 11.1. The van der Waals surface area contributed by atoms with Gasteiger partial charge in [0, 0.05) is 12.1 Å². The molecule has 0 unspecified atom stereocenters. The Kier molecular flexibility index (Phi) is 3.29. The first kappa shape index (κ1) is 13.2. The lowest BCUT2D eigenvalue weighted by molar-refractivity contribution is -0.938. The van der Waals surface area contributed by atoms with Crippen LogP contribution in [0.4, 0.5) is 5.69 Å². The van der Waals surface area contributed by atoms with Gasteiger partial charge in [-0.05, 0) is 23.8 Å². The Bertz CT molecular complexity index is 530. The van der Waals surface area contributed by atoms with Crippen molar-refractivity contribution in [3.05, 3.63) is 52.6 Å². The van der Waals surface area contributed by atoms with Crippen LogP contribution in [0.15, 0.2) is 36.9 Å². The van der Waals surface area contributed by atoms with Crippen LogP contribution in [0.2, 0.25) is 0 Å². The highest BCUT2D eigenvalue weighted by molar-refractivity contribution is 5.34. The molecule has 2 aliphatic heterocycles. The van der Waals surface area contributed by atoms with Gasteiger partial charge in [-0.3, -0.25) is 14.6 Å². The molecule has 0 spiro atoms. The maximum absolute atomic E-state index is 10.7. The fraction of sp³-hybridized carbons (Fsp3) is 0.429. The van der Waals surface area contributed by atoms with E-state index in [9.17, 15) is 10.1 Å². The summed E-state index contributed by atoms with van der Waals surface area (Å²) >= 11 is 0. The molecule has 2 heterocycles. The molecule has 0 aliphatic carbocycles. The van der Waals surface area contributed by atoms with E-state index in [4.69, 9.17) is 9.47 Å². The molecule has 2 aliphatic rings. The summed E-state index contributed by atoms with van der Waals surface area (Å²) in [6.07, 6.45) is 1.82. The number of hydrogen-bond acceptors (Lipinski definition) is 4. The van der Waals surface area contributed by atoms with Crippen molar-refractivity contribution < 1.29 is 18.9 Å². The fourth-order valence-corrected chi connectivity index (χ4v) is 3.06. The number of nitro groups is 1. The Hall–Kier alpha value is -1.76. The molecule has 6 nitrogen and oxygen atoms in total. The van der Waals surface area contributed by atoms with Crippen LogP contribution in [-0.2, 0) is 9.47 Å². The van der Waals surface area contributed by atoms with Crippen molar-refractivity contribution in [1.29, 1.82) is 0 Å². The minimum atomic E-state index is -0.393. The summed E-state index contributed by atoms with van der Waals surface area (Å²) < 4.78 is 12.3. The monoisotopic (exact) mass is 277 g/mol. The lowest BCUT2D eigenvalue weighted by Gasteiger charge is -2.29. The smallest absolute Gasteiger partial charge is 0.269 e. The van der Waals surface area contributed by atoms with Crippen LogP contribution in [0.1, 0.15) is 11.7 Å². The molecule has 1 aromatic rings. The zero-order chi connectivity index (χ0) is 14.2. The highest BCUT2D eigenvalue weighted by Gasteiger charge is 2.53. The summed E-state index contributed by atoms with van der Waals surface area (Å²) in [5, 5.41) is 10.7. The average molecular weight is 277 g/mol.